The van der Waals surface area contributed by atoms with Crippen LogP contribution in [0, 0.1) is 0 Å². The summed E-state index contributed by atoms with van der Waals surface area (Å²) >= 11 is 0. The summed E-state index contributed by atoms with van der Waals surface area (Å²) in [4.78, 5) is 8.18. The van der Waals surface area contributed by atoms with Crippen LogP contribution in [0.1, 0.15) is 11.4 Å². The number of pyridine rings is 2. The van der Waals surface area contributed by atoms with Crippen molar-refractivity contribution < 1.29 is 31.1 Å². The van der Waals surface area contributed by atoms with Gasteiger partial charge in [0.15, 0.2) is 0 Å². The lowest BCUT2D eigenvalue weighted by atomic mass is 10.2. The smallest absolute Gasteiger partial charge is 0.421 e. The number of hydrogen-bond acceptors (Lipinski definition) is 5. The summed E-state index contributed by atoms with van der Waals surface area (Å²) < 4.78 is 81.9. The molecule has 160 valence electrons. The van der Waals surface area contributed by atoms with Gasteiger partial charge in [0, 0.05) is 12.1 Å². The van der Waals surface area contributed by atoms with Gasteiger partial charge in [0.2, 0.25) is 11.8 Å². The molecule has 0 radical (unpaired) electrons. The number of nitrogens with one attached hydrogen (secondary N) is 2. The van der Waals surface area contributed by atoms with Gasteiger partial charge in [-0.15, -0.1) is 0 Å². The Balaban J connectivity index is 1.56. The first-order chi connectivity index (χ1) is 14.6. The van der Waals surface area contributed by atoms with Crippen LogP contribution >= 0.6 is 0 Å². The van der Waals surface area contributed by atoms with Crippen molar-refractivity contribution in [3.63, 3.8) is 0 Å². The van der Waals surface area contributed by atoms with E-state index < -0.39 is 23.7 Å². The Kier molecular flexibility index (Phi) is 4.87. The molecular formula is C18H10F6N6O. The number of aromatic nitrogens is 6. The second-order valence-electron chi connectivity index (χ2n) is 6.15. The maximum Gasteiger partial charge on any atom is 0.432 e. The molecule has 31 heavy (non-hydrogen) atoms. The predicted molar refractivity (Wildman–Crippen MR) is 93.7 cm³/mol. The molecule has 0 saturated heterocycles. The van der Waals surface area contributed by atoms with Crippen molar-refractivity contribution in [2.24, 2.45) is 0 Å². The van der Waals surface area contributed by atoms with Gasteiger partial charge in [-0.3, -0.25) is 10.2 Å². The van der Waals surface area contributed by atoms with Crippen molar-refractivity contribution in [3.05, 3.63) is 59.9 Å². The fourth-order valence-corrected chi connectivity index (χ4v) is 2.53. The number of nitrogens with zero attached hydrogens (tertiary/aromatic N) is 4. The van der Waals surface area contributed by atoms with Crippen LogP contribution in [-0.2, 0) is 12.4 Å². The van der Waals surface area contributed by atoms with E-state index in [-0.39, 0.29) is 34.5 Å². The summed E-state index contributed by atoms with van der Waals surface area (Å²) in [5, 5.41) is 11.0. The number of H-pyrrole nitrogens is 2. The van der Waals surface area contributed by atoms with Crippen molar-refractivity contribution in [3.8, 4) is 34.5 Å². The number of halogens is 6. The second-order valence-corrected chi connectivity index (χ2v) is 6.15. The summed E-state index contributed by atoms with van der Waals surface area (Å²) in [5.74, 6) is -0.00608. The molecule has 4 aromatic rings. The molecule has 0 aliphatic carbocycles. The van der Waals surface area contributed by atoms with E-state index in [1.807, 2.05) is 10.2 Å². The average molecular weight is 440 g/mol. The molecule has 4 heterocycles. The van der Waals surface area contributed by atoms with E-state index in [2.05, 4.69) is 20.2 Å². The summed E-state index contributed by atoms with van der Waals surface area (Å²) in [6.07, 6.45) is -9.16. The molecule has 0 bridgehead atoms. The minimum Gasteiger partial charge on any atom is -0.421 e. The van der Waals surface area contributed by atoms with Crippen molar-refractivity contribution in [2.75, 3.05) is 0 Å². The lowest BCUT2D eigenvalue weighted by molar-refractivity contribution is -0.142. The summed E-state index contributed by atoms with van der Waals surface area (Å²) in [6, 6.07) is 10.4. The lowest BCUT2D eigenvalue weighted by Crippen LogP contribution is -2.04. The maximum atomic E-state index is 12.7. The van der Waals surface area contributed by atoms with E-state index in [9.17, 15) is 26.3 Å². The lowest BCUT2D eigenvalue weighted by Gasteiger charge is -2.06. The fraction of sp³-hybridized carbons (Fsp3) is 0.111. The van der Waals surface area contributed by atoms with Crippen LogP contribution in [-0.4, -0.2) is 30.4 Å². The van der Waals surface area contributed by atoms with Crippen LogP contribution < -0.4 is 4.74 Å². The van der Waals surface area contributed by atoms with Gasteiger partial charge in [0.05, 0.1) is 11.4 Å². The molecule has 0 fully saturated rings. The van der Waals surface area contributed by atoms with Crippen molar-refractivity contribution in [2.45, 2.75) is 12.4 Å². The van der Waals surface area contributed by atoms with Crippen LogP contribution in [0.3, 0.4) is 0 Å². The Hall–Kier alpha value is -3.90. The van der Waals surface area contributed by atoms with E-state index in [1.54, 1.807) is 0 Å². The zero-order valence-corrected chi connectivity index (χ0v) is 15.1. The zero-order chi connectivity index (χ0) is 22.2. The molecule has 0 unspecified atom stereocenters. The molecule has 7 nitrogen and oxygen atoms in total. The van der Waals surface area contributed by atoms with E-state index in [0.29, 0.717) is 0 Å². The third-order valence-electron chi connectivity index (χ3n) is 3.95. The molecule has 0 saturated carbocycles. The van der Waals surface area contributed by atoms with Gasteiger partial charge in [-0.2, -0.15) is 36.5 Å². The third kappa shape index (κ3) is 4.49. The monoisotopic (exact) mass is 440 g/mol. The second kappa shape index (κ2) is 7.41. The summed E-state index contributed by atoms with van der Waals surface area (Å²) in [7, 11) is 0. The molecule has 4 aromatic heterocycles. The molecule has 4 rings (SSSR count). The summed E-state index contributed by atoms with van der Waals surface area (Å²) in [6.45, 7) is 0. The quantitative estimate of drug-likeness (QED) is 0.432. The largest absolute Gasteiger partial charge is 0.432 e. The molecule has 13 heteroatoms. The first-order valence-corrected chi connectivity index (χ1v) is 8.47. The highest BCUT2D eigenvalue weighted by Gasteiger charge is 2.34. The molecule has 2 N–H and O–H groups in total. The SMILES string of the molecule is FC(F)(F)c1cc(-c2cccc(Oc3cccc(-c4cc(C(F)(F)F)[nH]n4)n3)n2)n[nH]1. The number of rotatable bonds is 4. The number of hydrogen-bond donors (Lipinski definition) is 2. The molecule has 0 amide bonds. The van der Waals surface area contributed by atoms with Crippen LogP contribution in [0.2, 0.25) is 0 Å². The third-order valence-corrected chi connectivity index (χ3v) is 3.95. The van der Waals surface area contributed by atoms with Crippen LogP contribution in [0.4, 0.5) is 26.3 Å². The van der Waals surface area contributed by atoms with E-state index in [0.717, 1.165) is 12.1 Å². The Labute approximate surface area is 169 Å². The highest BCUT2D eigenvalue weighted by Crippen LogP contribution is 2.32. The predicted octanol–water partition coefficient (Wildman–Crippen LogP) is 5.09. The first-order valence-electron chi connectivity index (χ1n) is 8.47. The van der Waals surface area contributed by atoms with E-state index >= 15 is 0 Å². The molecular weight excluding hydrogens is 430 g/mol. The van der Waals surface area contributed by atoms with Crippen LogP contribution in [0.5, 0.6) is 11.8 Å². The first kappa shape index (κ1) is 20.4. The molecule has 0 spiro atoms. The van der Waals surface area contributed by atoms with Gasteiger partial charge in [-0.25, -0.2) is 9.97 Å². The highest BCUT2D eigenvalue weighted by molar-refractivity contribution is 5.56. The van der Waals surface area contributed by atoms with Gasteiger partial charge >= 0.3 is 12.4 Å². The number of ether oxygens (including phenoxy) is 1. The number of aromatic amines is 2. The molecule has 0 aliphatic rings. The van der Waals surface area contributed by atoms with Gasteiger partial charge in [-0.05, 0) is 24.3 Å². The van der Waals surface area contributed by atoms with Crippen molar-refractivity contribution in [1.29, 1.82) is 0 Å². The van der Waals surface area contributed by atoms with Crippen LogP contribution in [0.25, 0.3) is 22.8 Å². The zero-order valence-electron chi connectivity index (χ0n) is 15.1. The minimum atomic E-state index is -4.58. The Bertz CT molecular complexity index is 1120. The summed E-state index contributed by atoms with van der Waals surface area (Å²) in [5.41, 5.74) is -1.92. The van der Waals surface area contributed by atoms with E-state index in [1.165, 1.54) is 36.4 Å². The standard InChI is InChI=1S/C18H10F6N6O/c19-17(20,21)13-7-11(27-29-13)9-3-1-5-15(25-9)31-16-6-2-4-10(26-16)12-8-14(30-28-12)18(22,23)24/h1-8H,(H,27,29)(H,28,30). The molecule has 0 aliphatic heterocycles. The van der Waals surface area contributed by atoms with Crippen molar-refractivity contribution in [1.82, 2.24) is 30.4 Å². The van der Waals surface area contributed by atoms with Gasteiger partial charge < -0.3 is 4.74 Å². The normalized spacial score (nSPS) is 12.2. The topological polar surface area (TPSA) is 92.4 Å². The minimum absolute atomic E-state index is 0.00304. The van der Waals surface area contributed by atoms with Gasteiger partial charge in [-0.1, -0.05) is 12.1 Å². The van der Waals surface area contributed by atoms with Crippen molar-refractivity contribution >= 4 is 0 Å². The van der Waals surface area contributed by atoms with Crippen LogP contribution in [0.15, 0.2) is 48.5 Å². The molecule has 0 aromatic carbocycles. The average Bonchev–Trinajstić information content (AvgIpc) is 3.38. The Morgan fingerprint density at radius 2 is 1.03 bits per heavy atom. The Morgan fingerprint density at radius 3 is 1.39 bits per heavy atom. The van der Waals surface area contributed by atoms with Gasteiger partial charge in [0.25, 0.3) is 0 Å². The van der Waals surface area contributed by atoms with Gasteiger partial charge in [0.1, 0.15) is 22.8 Å². The fourth-order valence-electron chi connectivity index (χ4n) is 2.53. The number of alkyl halides is 6. The molecule has 0 atom stereocenters. The maximum absolute atomic E-state index is 12.7. The Morgan fingerprint density at radius 1 is 0.613 bits per heavy atom. The van der Waals surface area contributed by atoms with E-state index in [4.69, 9.17) is 4.74 Å². The highest BCUT2D eigenvalue weighted by atomic mass is 19.4.